The van der Waals surface area contributed by atoms with E-state index in [-0.39, 0.29) is 11.9 Å². The highest BCUT2D eigenvalue weighted by molar-refractivity contribution is 9.10. The summed E-state index contributed by atoms with van der Waals surface area (Å²) in [5.74, 6) is -0.753. The number of nitrogens with zero attached hydrogens (tertiary/aromatic N) is 1. The van der Waals surface area contributed by atoms with E-state index in [4.69, 9.17) is 0 Å². The molecule has 146 valence electrons. The average Bonchev–Trinajstić information content (AvgIpc) is 3.05. The number of hydrogen-bond donors (Lipinski definition) is 2. The van der Waals surface area contributed by atoms with Crippen LogP contribution in [0, 0.1) is 5.82 Å². The molecule has 0 saturated heterocycles. The van der Waals surface area contributed by atoms with Crippen molar-refractivity contribution < 1.29 is 14.3 Å². The number of aliphatic hydroxyl groups is 1. The Bertz CT molecular complexity index is 1000. The Morgan fingerprint density at radius 2 is 1.93 bits per heavy atom. The smallest absolute Gasteiger partial charge is 0.253 e. The molecule has 28 heavy (non-hydrogen) atoms. The van der Waals surface area contributed by atoms with Gasteiger partial charge in [-0.05, 0) is 42.7 Å². The number of carbonyl (C=O) groups excluding carboxylic acids is 1. The number of amides is 1. The van der Waals surface area contributed by atoms with Crippen molar-refractivity contribution in [2.45, 2.75) is 44.4 Å². The molecule has 1 heterocycles. The van der Waals surface area contributed by atoms with E-state index in [2.05, 4.69) is 21.2 Å². The zero-order valence-corrected chi connectivity index (χ0v) is 17.0. The summed E-state index contributed by atoms with van der Waals surface area (Å²) in [5.41, 5.74) is 2.04. The number of hydrogen-bond acceptors (Lipinski definition) is 2. The van der Waals surface area contributed by atoms with Gasteiger partial charge in [0.1, 0.15) is 5.82 Å². The fraction of sp³-hybridized carbons (Fsp3) is 0.318. The molecule has 4 nitrogen and oxygen atoms in total. The molecular formula is C22H22BrFN2O2. The van der Waals surface area contributed by atoms with Gasteiger partial charge in [0, 0.05) is 22.6 Å². The topological polar surface area (TPSA) is 54.3 Å². The van der Waals surface area contributed by atoms with E-state index >= 15 is 0 Å². The highest BCUT2D eigenvalue weighted by atomic mass is 79.9. The molecule has 1 amide bonds. The molecule has 0 aliphatic heterocycles. The van der Waals surface area contributed by atoms with Crippen LogP contribution in [0.15, 0.2) is 53.1 Å². The van der Waals surface area contributed by atoms with Crippen LogP contribution in [0.25, 0.3) is 10.9 Å². The van der Waals surface area contributed by atoms with E-state index < -0.39 is 11.9 Å². The Kier molecular flexibility index (Phi) is 5.51. The number of halogens is 2. The third-order valence-electron chi connectivity index (χ3n) is 5.41. The first-order valence-electron chi connectivity index (χ1n) is 9.53. The molecule has 4 rings (SSSR count). The number of aliphatic hydroxyl groups excluding tert-OH is 1. The van der Waals surface area contributed by atoms with Gasteiger partial charge in [0.05, 0.1) is 23.2 Å². The predicted octanol–water partition coefficient (Wildman–Crippen LogP) is 4.62. The van der Waals surface area contributed by atoms with E-state index in [0.29, 0.717) is 29.4 Å². The summed E-state index contributed by atoms with van der Waals surface area (Å²) in [6, 6.07) is 12.5. The number of fused-ring (bicyclic) bond motifs is 1. The first-order chi connectivity index (χ1) is 13.5. The largest absolute Gasteiger partial charge is 0.391 e. The zero-order chi connectivity index (χ0) is 19.7. The second-order valence-electron chi connectivity index (χ2n) is 7.36. The van der Waals surface area contributed by atoms with Crippen molar-refractivity contribution in [3.8, 4) is 0 Å². The molecule has 1 saturated carbocycles. The van der Waals surface area contributed by atoms with Crippen LogP contribution in [-0.2, 0) is 6.54 Å². The molecular weight excluding hydrogens is 423 g/mol. The summed E-state index contributed by atoms with van der Waals surface area (Å²) in [6.45, 7) is 0.534. The summed E-state index contributed by atoms with van der Waals surface area (Å²) in [6.07, 6.45) is 4.53. The maximum absolute atomic E-state index is 14.6. The van der Waals surface area contributed by atoms with Crippen LogP contribution >= 0.6 is 15.9 Å². The monoisotopic (exact) mass is 444 g/mol. The van der Waals surface area contributed by atoms with Crippen molar-refractivity contribution in [1.82, 2.24) is 9.88 Å². The Hall–Kier alpha value is -2.18. The second-order valence-corrected chi connectivity index (χ2v) is 8.28. The maximum Gasteiger partial charge on any atom is 0.253 e. The van der Waals surface area contributed by atoms with Gasteiger partial charge in [-0.2, -0.15) is 0 Å². The Morgan fingerprint density at radius 1 is 1.18 bits per heavy atom. The molecule has 0 radical (unpaired) electrons. The Labute approximate surface area is 171 Å². The molecule has 0 spiro atoms. The Balaban J connectivity index is 1.68. The van der Waals surface area contributed by atoms with Crippen LogP contribution in [0.2, 0.25) is 0 Å². The van der Waals surface area contributed by atoms with Crippen molar-refractivity contribution in [2.24, 2.45) is 0 Å². The van der Waals surface area contributed by atoms with Crippen molar-refractivity contribution >= 4 is 32.7 Å². The summed E-state index contributed by atoms with van der Waals surface area (Å²) < 4.78 is 17.5. The zero-order valence-electron chi connectivity index (χ0n) is 15.4. The standard InChI is InChI=1S/C22H22BrFN2O2/c23-15-10-8-14(9-11-15)12-26-13-16(21-17(24)4-3-6-19(21)26)22(28)25-18-5-1-2-7-20(18)27/h3-4,6,8-11,13,18,20,27H,1-2,5,7,12H2,(H,25,28). The maximum atomic E-state index is 14.6. The first kappa shape index (κ1) is 19.2. The van der Waals surface area contributed by atoms with Gasteiger partial charge in [0.2, 0.25) is 0 Å². The van der Waals surface area contributed by atoms with Crippen LogP contribution < -0.4 is 5.32 Å². The lowest BCUT2D eigenvalue weighted by atomic mass is 9.92. The molecule has 2 unspecified atom stereocenters. The van der Waals surface area contributed by atoms with Crippen molar-refractivity contribution in [3.05, 3.63) is 70.1 Å². The summed E-state index contributed by atoms with van der Waals surface area (Å²) >= 11 is 3.43. The number of nitrogens with one attached hydrogen (secondary N) is 1. The third-order valence-corrected chi connectivity index (χ3v) is 5.94. The molecule has 2 N–H and O–H groups in total. The minimum Gasteiger partial charge on any atom is -0.391 e. The van der Waals surface area contributed by atoms with Gasteiger partial charge in [-0.1, -0.05) is 47.0 Å². The highest BCUT2D eigenvalue weighted by Crippen LogP contribution is 2.27. The van der Waals surface area contributed by atoms with Crippen molar-refractivity contribution in [3.63, 3.8) is 0 Å². The molecule has 3 aromatic rings. The molecule has 1 aliphatic rings. The number of benzene rings is 2. The Morgan fingerprint density at radius 3 is 2.68 bits per heavy atom. The molecule has 0 bridgehead atoms. The van der Waals surface area contributed by atoms with Crippen LogP contribution in [-0.4, -0.2) is 27.7 Å². The molecule has 2 atom stereocenters. The SMILES string of the molecule is O=C(NC1CCCCC1O)c1cn(Cc2ccc(Br)cc2)c2cccc(F)c12. The quantitative estimate of drug-likeness (QED) is 0.616. The first-order valence-corrected chi connectivity index (χ1v) is 10.3. The van der Waals surface area contributed by atoms with Gasteiger partial charge < -0.3 is 15.0 Å². The van der Waals surface area contributed by atoms with Gasteiger partial charge in [0.15, 0.2) is 0 Å². The minimum absolute atomic E-state index is 0.280. The minimum atomic E-state index is -0.543. The van der Waals surface area contributed by atoms with E-state index in [1.54, 1.807) is 12.3 Å². The molecule has 1 fully saturated rings. The lowest BCUT2D eigenvalue weighted by molar-refractivity contribution is 0.0718. The molecule has 1 aromatic heterocycles. The van der Waals surface area contributed by atoms with Crippen molar-refractivity contribution in [2.75, 3.05) is 0 Å². The lowest BCUT2D eigenvalue weighted by Gasteiger charge is -2.28. The fourth-order valence-electron chi connectivity index (χ4n) is 3.92. The molecule has 2 aromatic carbocycles. The van der Waals surface area contributed by atoms with Crippen LogP contribution in [0.3, 0.4) is 0 Å². The van der Waals surface area contributed by atoms with Crippen molar-refractivity contribution in [1.29, 1.82) is 0 Å². The highest BCUT2D eigenvalue weighted by Gasteiger charge is 2.27. The van der Waals surface area contributed by atoms with Gasteiger partial charge >= 0.3 is 0 Å². The molecule has 1 aliphatic carbocycles. The van der Waals surface area contributed by atoms with E-state index in [1.807, 2.05) is 34.9 Å². The van der Waals surface area contributed by atoms with Crippen LogP contribution in [0.1, 0.15) is 41.6 Å². The van der Waals surface area contributed by atoms with Gasteiger partial charge in [-0.25, -0.2) is 4.39 Å². The predicted molar refractivity (Wildman–Crippen MR) is 111 cm³/mol. The second kappa shape index (κ2) is 8.05. The van der Waals surface area contributed by atoms with Gasteiger partial charge in [-0.15, -0.1) is 0 Å². The lowest BCUT2D eigenvalue weighted by Crippen LogP contribution is -2.45. The third kappa shape index (κ3) is 3.84. The molecule has 6 heteroatoms. The number of carbonyl (C=O) groups is 1. The number of rotatable bonds is 4. The van der Waals surface area contributed by atoms with Crippen LogP contribution in [0.5, 0.6) is 0 Å². The summed E-state index contributed by atoms with van der Waals surface area (Å²) in [7, 11) is 0. The number of aromatic nitrogens is 1. The normalized spacial score (nSPS) is 19.7. The van der Waals surface area contributed by atoms with E-state index in [9.17, 15) is 14.3 Å². The summed E-state index contributed by atoms with van der Waals surface area (Å²) in [5, 5.41) is 13.4. The van der Waals surface area contributed by atoms with E-state index in [1.165, 1.54) is 6.07 Å². The van der Waals surface area contributed by atoms with Crippen LogP contribution in [0.4, 0.5) is 4.39 Å². The fourth-order valence-corrected chi connectivity index (χ4v) is 4.19. The average molecular weight is 445 g/mol. The summed E-state index contributed by atoms with van der Waals surface area (Å²) in [4.78, 5) is 12.9. The van der Waals surface area contributed by atoms with Gasteiger partial charge in [-0.3, -0.25) is 4.79 Å². The van der Waals surface area contributed by atoms with Gasteiger partial charge in [0.25, 0.3) is 5.91 Å². The van der Waals surface area contributed by atoms with E-state index in [0.717, 1.165) is 29.3 Å².